The molecule has 25 heavy (non-hydrogen) atoms. The van der Waals surface area contributed by atoms with Crippen molar-refractivity contribution in [2.45, 2.75) is 38.7 Å². The maximum atomic E-state index is 12.3. The van der Waals surface area contributed by atoms with Crippen molar-refractivity contribution in [3.05, 3.63) is 34.5 Å². The van der Waals surface area contributed by atoms with Gasteiger partial charge in [0.05, 0.1) is 5.01 Å². The van der Waals surface area contributed by atoms with Gasteiger partial charge in [-0.3, -0.25) is 0 Å². The maximum absolute atomic E-state index is 12.3. The van der Waals surface area contributed by atoms with Gasteiger partial charge in [0.15, 0.2) is 0 Å². The van der Waals surface area contributed by atoms with E-state index in [1.54, 1.807) is 29.8 Å². The normalized spacial score (nSPS) is 16.5. The fourth-order valence-corrected chi connectivity index (χ4v) is 3.57. The van der Waals surface area contributed by atoms with Crippen molar-refractivity contribution >= 4 is 17.4 Å². The highest BCUT2D eigenvalue weighted by Gasteiger charge is 2.24. The average molecular weight is 361 g/mol. The average Bonchev–Trinajstić information content (AvgIpc) is 3.07. The van der Waals surface area contributed by atoms with E-state index in [1.807, 2.05) is 17.2 Å². The van der Waals surface area contributed by atoms with E-state index in [1.165, 1.54) is 0 Å². The molecular formula is C17H23N5O2S. The Labute approximate surface area is 151 Å². The third-order valence-electron chi connectivity index (χ3n) is 4.16. The Morgan fingerprint density at radius 3 is 2.76 bits per heavy atom. The van der Waals surface area contributed by atoms with E-state index < -0.39 is 0 Å². The second-order valence-corrected chi connectivity index (χ2v) is 7.14. The van der Waals surface area contributed by atoms with E-state index in [0.717, 1.165) is 23.5 Å². The molecule has 0 aliphatic carbocycles. The van der Waals surface area contributed by atoms with Crippen molar-refractivity contribution in [2.75, 3.05) is 19.6 Å². The number of urea groups is 1. The third-order valence-corrected chi connectivity index (χ3v) is 5.36. The minimum Gasteiger partial charge on any atom is -0.460 e. The van der Waals surface area contributed by atoms with Crippen LogP contribution < -0.4 is 10.1 Å². The number of nitrogens with zero attached hydrogens (tertiary/aromatic N) is 4. The number of aromatic nitrogens is 3. The Kier molecular flexibility index (Phi) is 5.80. The van der Waals surface area contributed by atoms with Crippen LogP contribution in [0.5, 0.6) is 6.01 Å². The molecule has 3 rings (SSSR count). The highest BCUT2D eigenvalue weighted by Crippen LogP contribution is 2.19. The molecule has 134 valence electrons. The number of carbonyl (C=O) groups is 1. The van der Waals surface area contributed by atoms with Crippen LogP contribution in [0.25, 0.3) is 0 Å². The zero-order valence-electron chi connectivity index (χ0n) is 14.5. The summed E-state index contributed by atoms with van der Waals surface area (Å²) in [5, 5.41) is 6.11. The van der Waals surface area contributed by atoms with Gasteiger partial charge >= 0.3 is 12.0 Å². The first-order valence-corrected chi connectivity index (χ1v) is 9.38. The van der Waals surface area contributed by atoms with Gasteiger partial charge in [0.25, 0.3) is 0 Å². The van der Waals surface area contributed by atoms with Gasteiger partial charge in [0, 0.05) is 61.9 Å². The Morgan fingerprint density at radius 2 is 2.12 bits per heavy atom. The minimum atomic E-state index is -0.0189. The lowest BCUT2D eigenvalue weighted by molar-refractivity contribution is 0.103. The van der Waals surface area contributed by atoms with Gasteiger partial charge in [0.2, 0.25) is 0 Å². The first kappa shape index (κ1) is 17.6. The quantitative estimate of drug-likeness (QED) is 0.885. The molecule has 1 aliphatic heterocycles. The van der Waals surface area contributed by atoms with Gasteiger partial charge in [-0.1, -0.05) is 6.92 Å². The maximum Gasteiger partial charge on any atom is 0.317 e. The number of amides is 2. The van der Waals surface area contributed by atoms with E-state index in [0.29, 0.717) is 25.6 Å². The van der Waals surface area contributed by atoms with E-state index in [9.17, 15) is 4.79 Å². The van der Waals surface area contributed by atoms with Gasteiger partial charge in [0.1, 0.15) is 6.10 Å². The van der Waals surface area contributed by atoms with Crippen molar-refractivity contribution in [3.8, 4) is 6.01 Å². The molecule has 1 aliphatic rings. The molecule has 0 spiro atoms. The Morgan fingerprint density at radius 1 is 1.40 bits per heavy atom. The molecule has 0 bridgehead atoms. The van der Waals surface area contributed by atoms with Crippen molar-refractivity contribution in [1.29, 1.82) is 0 Å². The fourth-order valence-electron chi connectivity index (χ4n) is 2.71. The molecule has 0 unspecified atom stereocenters. The second kappa shape index (κ2) is 8.24. The Balaban J connectivity index is 1.41. The number of rotatable bonds is 5. The van der Waals surface area contributed by atoms with Crippen LogP contribution in [0, 0.1) is 6.92 Å². The van der Waals surface area contributed by atoms with Gasteiger partial charge in [-0.05, 0) is 13.0 Å². The number of thiazole rings is 1. The van der Waals surface area contributed by atoms with Crippen molar-refractivity contribution in [1.82, 2.24) is 25.2 Å². The SMILES string of the molecule is Cc1csc([C@H](C)CNC(=O)N2CCC(Oc3ncccn3)CC2)n1. The lowest BCUT2D eigenvalue weighted by atomic mass is 10.1. The molecule has 0 aromatic carbocycles. The predicted molar refractivity (Wildman–Crippen MR) is 95.9 cm³/mol. The number of piperidine rings is 1. The molecule has 1 fully saturated rings. The monoisotopic (exact) mass is 361 g/mol. The van der Waals surface area contributed by atoms with Gasteiger partial charge in [-0.25, -0.2) is 19.7 Å². The molecule has 1 N–H and O–H groups in total. The predicted octanol–water partition coefficient (Wildman–Crippen LogP) is 2.60. The highest BCUT2D eigenvalue weighted by atomic mass is 32.1. The lowest BCUT2D eigenvalue weighted by Gasteiger charge is -2.31. The van der Waals surface area contributed by atoms with Crippen LogP contribution in [-0.2, 0) is 0 Å². The third kappa shape index (κ3) is 4.88. The summed E-state index contributed by atoms with van der Waals surface area (Å²) in [6, 6.07) is 2.14. The molecule has 3 heterocycles. The standard InChI is InChI=1S/C17H23N5O2S/c1-12(15-21-13(2)11-25-15)10-20-17(23)22-8-4-14(5-9-22)24-16-18-6-3-7-19-16/h3,6-7,11-12,14H,4-5,8-10H2,1-2H3,(H,20,23)/t12-/m1/s1. The minimum absolute atomic E-state index is 0.0189. The van der Waals surface area contributed by atoms with Crippen LogP contribution >= 0.6 is 11.3 Å². The Hall–Kier alpha value is -2.22. The number of hydrogen-bond donors (Lipinski definition) is 1. The smallest absolute Gasteiger partial charge is 0.317 e. The number of aryl methyl sites for hydroxylation is 1. The van der Waals surface area contributed by atoms with E-state index in [4.69, 9.17) is 4.74 Å². The van der Waals surface area contributed by atoms with Crippen LogP contribution in [0.4, 0.5) is 4.79 Å². The van der Waals surface area contributed by atoms with Gasteiger partial charge in [-0.2, -0.15) is 0 Å². The number of hydrogen-bond acceptors (Lipinski definition) is 6. The van der Waals surface area contributed by atoms with Crippen LogP contribution in [-0.4, -0.2) is 51.6 Å². The molecule has 0 saturated carbocycles. The Bertz CT molecular complexity index is 685. The zero-order chi connectivity index (χ0) is 17.6. The van der Waals surface area contributed by atoms with Crippen molar-refractivity contribution in [3.63, 3.8) is 0 Å². The summed E-state index contributed by atoms with van der Waals surface area (Å²) in [5.74, 6) is 0.221. The number of ether oxygens (including phenoxy) is 1. The van der Waals surface area contributed by atoms with Crippen LogP contribution in [0.3, 0.4) is 0 Å². The number of carbonyl (C=O) groups excluding carboxylic acids is 1. The number of nitrogens with one attached hydrogen (secondary N) is 1. The van der Waals surface area contributed by atoms with Crippen molar-refractivity contribution in [2.24, 2.45) is 0 Å². The van der Waals surface area contributed by atoms with E-state index >= 15 is 0 Å². The lowest BCUT2D eigenvalue weighted by Crippen LogP contribution is -2.47. The van der Waals surface area contributed by atoms with E-state index in [-0.39, 0.29) is 18.1 Å². The first-order valence-electron chi connectivity index (χ1n) is 8.50. The summed E-state index contributed by atoms with van der Waals surface area (Å²) in [5.41, 5.74) is 1.03. The summed E-state index contributed by atoms with van der Waals surface area (Å²) in [6.45, 7) is 6.01. The van der Waals surface area contributed by atoms with Gasteiger partial charge in [-0.15, -0.1) is 11.3 Å². The summed E-state index contributed by atoms with van der Waals surface area (Å²) >= 11 is 1.64. The summed E-state index contributed by atoms with van der Waals surface area (Å²) < 4.78 is 5.75. The topological polar surface area (TPSA) is 80.2 Å². The summed E-state index contributed by atoms with van der Waals surface area (Å²) in [4.78, 5) is 26.8. The van der Waals surface area contributed by atoms with Crippen LogP contribution in [0.15, 0.2) is 23.8 Å². The van der Waals surface area contributed by atoms with E-state index in [2.05, 4.69) is 27.2 Å². The van der Waals surface area contributed by atoms with Gasteiger partial charge < -0.3 is 15.0 Å². The molecule has 8 heteroatoms. The summed E-state index contributed by atoms with van der Waals surface area (Å²) in [7, 11) is 0. The first-order chi connectivity index (χ1) is 12.1. The molecular weight excluding hydrogens is 338 g/mol. The molecule has 1 saturated heterocycles. The molecule has 2 amide bonds. The van der Waals surface area contributed by atoms with Crippen molar-refractivity contribution < 1.29 is 9.53 Å². The summed E-state index contributed by atoms with van der Waals surface area (Å²) in [6.07, 6.45) is 4.95. The highest BCUT2D eigenvalue weighted by molar-refractivity contribution is 7.09. The molecule has 2 aromatic rings. The number of likely N-dealkylation sites (tertiary alicyclic amines) is 1. The molecule has 0 radical (unpaired) electrons. The van der Waals surface area contributed by atoms with Crippen LogP contribution in [0.1, 0.15) is 36.4 Å². The molecule has 1 atom stereocenters. The molecule has 2 aromatic heterocycles. The van der Waals surface area contributed by atoms with Crippen LogP contribution in [0.2, 0.25) is 0 Å². The molecule has 7 nitrogen and oxygen atoms in total. The second-order valence-electron chi connectivity index (χ2n) is 6.25. The largest absolute Gasteiger partial charge is 0.460 e. The zero-order valence-corrected chi connectivity index (χ0v) is 15.3. The fraction of sp³-hybridized carbons (Fsp3) is 0.529.